The molecule has 1 heterocycles. The highest BCUT2D eigenvalue weighted by Gasteiger charge is 2.32. The van der Waals surface area contributed by atoms with E-state index in [1.807, 2.05) is 0 Å². The maximum Gasteiger partial charge on any atom is 0.350 e. The zero-order valence-corrected chi connectivity index (χ0v) is 14.2. The van der Waals surface area contributed by atoms with Crippen LogP contribution in [0, 0.1) is 0 Å². The molecule has 0 aliphatic heterocycles. The Morgan fingerprint density at radius 3 is 2.91 bits per heavy atom. The van der Waals surface area contributed by atoms with Gasteiger partial charge in [-0.1, -0.05) is 34.5 Å². The van der Waals surface area contributed by atoms with E-state index in [1.165, 1.54) is 11.3 Å². The van der Waals surface area contributed by atoms with Crippen LogP contribution in [-0.2, 0) is 4.74 Å². The van der Waals surface area contributed by atoms with Gasteiger partial charge < -0.3 is 10.1 Å². The van der Waals surface area contributed by atoms with E-state index in [2.05, 4.69) is 10.3 Å². The lowest BCUT2D eigenvalue weighted by atomic mass is 10.2. The number of thiazole rings is 1. The molecule has 1 aromatic heterocycles. The molecule has 1 fully saturated rings. The summed E-state index contributed by atoms with van der Waals surface area (Å²) in [7, 11) is 0. The molecule has 2 aromatic rings. The number of carbonyl (C=O) groups is 1. The number of nitrogens with zero attached hydrogens (tertiary/aromatic N) is 1. The van der Waals surface area contributed by atoms with Crippen LogP contribution in [0.4, 0.5) is 10.8 Å². The zero-order valence-electron chi connectivity index (χ0n) is 11.9. The molecule has 0 saturated heterocycles. The Morgan fingerprint density at radius 1 is 1.45 bits per heavy atom. The SMILES string of the molecule is CCOC(=O)c1sc(Nc2cc(Cl)ccc2Cl)nc1C1CC1. The number of anilines is 2. The van der Waals surface area contributed by atoms with Crippen LogP contribution in [0.3, 0.4) is 0 Å². The lowest BCUT2D eigenvalue weighted by Gasteiger charge is -2.05. The molecule has 1 aliphatic rings. The molecule has 22 heavy (non-hydrogen) atoms. The number of aromatic nitrogens is 1. The molecule has 0 bridgehead atoms. The van der Waals surface area contributed by atoms with Crippen LogP contribution in [0.5, 0.6) is 0 Å². The molecular weight excluding hydrogens is 343 g/mol. The third-order valence-corrected chi connectivity index (χ3v) is 4.78. The Bertz CT molecular complexity index is 714. The quantitative estimate of drug-likeness (QED) is 0.743. The average Bonchev–Trinajstić information content (AvgIpc) is 3.24. The molecule has 0 amide bonds. The fraction of sp³-hybridized carbons (Fsp3) is 0.333. The minimum atomic E-state index is -0.313. The van der Waals surface area contributed by atoms with E-state index in [0.717, 1.165) is 18.5 Å². The molecule has 0 unspecified atom stereocenters. The van der Waals surface area contributed by atoms with Gasteiger partial charge in [0.15, 0.2) is 5.13 Å². The number of rotatable bonds is 5. The first kappa shape index (κ1) is 15.6. The van der Waals surface area contributed by atoms with Gasteiger partial charge in [0.05, 0.1) is 23.0 Å². The Balaban J connectivity index is 1.89. The van der Waals surface area contributed by atoms with Crippen LogP contribution in [0.15, 0.2) is 18.2 Å². The van der Waals surface area contributed by atoms with Crippen LogP contribution >= 0.6 is 34.5 Å². The standard InChI is InChI=1S/C15H14Cl2N2O2S/c1-2-21-14(20)13-12(8-3-4-8)19-15(22-13)18-11-7-9(16)5-6-10(11)17/h5-8H,2-4H2,1H3,(H,18,19). The molecule has 0 spiro atoms. The second kappa shape index (κ2) is 6.44. The highest BCUT2D eigenvalue weighted by molar-refractivity contribution is 7.17. The largest absolute Gasteiger partial charge is 0.462 e. The Morgan fingerprint density at radius 2 is 2.23 bits per heavy atom. The van der Waals surface area contributed by atoms with Gasteiger partial charge in [-0.05, 0) is 38.0 Å². The second-order valence-corrected chi connectivity index (χ2v) is 6.82. The number of hydrogen-bond donors (Lipinski definition) is 1. The minimum Gasteiger partial charge on any atom is -0.462 e. The van der Waals surface area contributed by atoms with E-state index in [0.29, 0.717) is 38.3 Å². The van der Waals surface area contributed by atoms with Gasteiger partial charge in [0.25, 0.3) is 0 Å². The van der Waals surface area contributed by atoms with Crippen molar-refractivity contribution in [3.05, 3.63) is 38.8 Å². The van der Waals surface area contributed by atoms with Crippen molar-refractivity contribution >= 4 is 51.3 Å². The molecular formula is C15H14Cl2N2O2S. The van der Waals surface area contributed by atoms with Crippen molar-refractivity contribution in [2.75, 3.05) is 11.9 Å². The van der Waals surface area contributed by atoms with Gasteiger partial charge in [-0.25, -0.2) is 9.78 Å². The lowest BCUT2D eigenvalue weighted by Crippen LogP contribution is -2.05. The summed E-state index contributed by atoms with van der Waals surface area (Å²) in [6.45, 7) is 2.14. The van der Waals surface area contributed by atoms with Crippen LogP contribution in [-0.4, -0.2) is 17.6 Å². The number of carbonyl (C=O) groups excluding carboxylic acids is 1. The Hall–Kier alpha value is -1.30. The van der Waals surface area contributed by atoms with Crippen LogP contribution in [0.2, 0.25) is 10.0 Å². The molecule has 1 N–H and O–H groups in total. The van der Waals surface area contributed by atoms with Crippen LogP contribution in [0.25, 0.3) is 0 Å². The van der Waals surface area contributed by atoms with Crippen molar-refractivity contribution in [1.82, 2.24) is 4.98 Å². The first-order valence-electron chi connectivity index (χ1n) is 6.98. The third kappa shape index (κ3) is 3.37. The topological polar surface area (TPSA) is 51.2 Å². The van der Waals surface area contributed by atoms with Gasteiger partial charge in [-0.3, -0.25) is 0 Å². The van der Waals surface area contributed by atoms with Crippen LogP contribution in [0.1, 0.15) is 41.0 Å². The molecule has 116 valence electrons. The van der Waals surface area contributed by atoms with E-state index in [-0.39, 0.29) is 5.97 Å². The zero-order chi connectivity index (χ0) is 15.7. The molecule has 1 aromatic carbocycles. The molecule has 1 saturated carbocycles. The first-order valence-corrected chi connectivity index (χ1v) is 8.55. The Kier molecular flexibility index (Phi) is 4.57. The van der Waals surface area contributed by atoms with Crippen molar-refractivity contribution in [2.24, 2.45) is 0 Å². The molecule has 3 rings (SSSR count). The highest BCUT2D eigenvalue weighted by atomic mass is 35.5. The van der Waals surface area contributed by atoms with Crippen molar-refractivity contribution < 1.29 is 9.53 Å². The fourth-order valence-corrected chi connectivity index (χ4v) is 3.36. The summed E-state index contributed by atoms with van der Waals surface area (Å²) in [4.78, 5) is 17.2. The smallest absolute Gasteiger partial charge is 0.350 e. The van der Waals surface area contributed by atoms with Crippen molar-refractivity contribution in [3.63, 3.8) is 0 Å². The number of nitrogens with one attached hydrogen (secondary N) is 1. The van der Waals surface area contributed by atoms with E-state index >= 15 is 0 Å². The second-order valence-electron chi connectivity index (χ2n) is 4.98. The lowest BCUT2D eigenvalue weighted by molar-refractivity contribution is 0.0530. The summed E-state index contributed by atoms with van der Waals surface area (Å²) in [5, 5.41) is 4.88. The molecule has 0 atom stereocenters. The summed E-state index contributed by atoms with van der Waals surface area (Å²) >= 11 is 13.4. The van der Waals surface area contributed by atoms with Gasteiger partial charge in [0.1, 0.15) is 4.88 Å². The first-order chi connectivity index (χ1) is 10.6. The van der Waals surface area contributed by atoms with Gasteiger partial charge >= 0.3 is 5.97 Å². The predicted octanol–water partition coefficient (Wildman–Crippen LogP) is 5.25. The summed E-state index contributed by atoms with van der Waals surface area (Å²) in [5.74, 6) is 0.0492. The number of benzene rings is 1. The van der Waals surface area contributed by atoms with E-state index < -0.39 is 0 Å². The maximum absolute atomic E-state index is 12.1. The number of ether oxygens (including phenoxy) is 1. The monoisotopic (exact) mass is 356 g/mol. The normalized spacial score (nSPS) is 14.0. The van der Waals surface area contributed by atoms with Crippen LogP contribution < -0.4 is 5.32 Å². The third-order valence-electron chi connectivity index (χ3n) is 3.25. The summed E-state index contributed by atoms with van der Waals surface area (Å²) < 4.78 is 5.11. The average molecular weight is 357 g/mol. The van der Waals surface area contributed by atoms with Crippen molar-refractivity contribution in [2.45, 2.75) is 25.7 Å². The maximum atomic E-state index is 12.1. The molecule has 0 radical (unpaired) electrons. The molecule has 4 nitrogen and oxygen atoms in total. The number of hydrogen-bond acceptors (Lipinski definition) is 5. The van der Waals surface area contributed by atoms with Gasteiger partial charge in [-0.2, -0.15) is 0 Å². The highest BCUT2D eigenvalue weighted by Crippen LogP contribution is 2.44. The molecule has 7 heteroatoms. The van der Waals surface area contributed by atoms with E-state index in [1.54, 1.807) is 25.1 Å². The summed E-state index contributed by atoms with van der Waals surface area (Å²) in [6.07, 6.45) is 2.13. The minimum absolute atomic E-state index is 0.313. The van der Waals surface area contributed by atoms with Gasteiger partial charge in [0, 0.05) is 10.9 Å². The van der Waals surface area contributed by atoms with Gasteiger partial charge in [0.2, 0.25) is 0 Å². The van der Waals surface area contributed by atoms with Crippen molar-refractivity contribution in [3.8, 4) is 0 Å². The molecule has 1 aliphatic carbocycles. The fourth-order valence-electron chi connectivity index (χ4n) is 2.07. The predicted molar refractivity (Wildman–Crippen MR) is 89.8 cm³/mol. The number of halogens is 2. The van der Waals surface area contributed by atoms with E-state index in [9.17, 15) is 4.79 Å². The summed E-state index contributed by atoms with van der Waals surface area (Å²) in [5.41, 5.74) is 1.49. The van der Waals surface area contributed by atoms with Gasteiger partial charge in [-0.15, -0.1) is 0 Å². The van der Waals surface area contributed by atoms with Crippen molar-refractivity contribution in [1.29, 1.82) is 0 Å². The summed E-state index contributed by atoms with van der Waals surface area (Å²) in [6, 6.07) is 5.16. The number of esters is 1. The Labute approximate surface area is 142 Å². The van der Waals surface area contributed by atoms with E-state index in [4.69, 9.17) is 27.9 Å².